The number of hydrogen-bond donors (Lipinski definition) is 1. The average molecular weight is 289 g/mol. The Kier molecular flexibility index (Phi) is 4.62. The van der Waals surface area contributed by atoms with Crippen molar-refractivity contribution in [1.29, 1.82) is 0 Å². The molecule has 112 valence electrons. The number of hydrogen-bond acceptors (Lipinski definition) is 5. The van der Waals surface area contributed by atoms with E-state index < -0.39 is 11.9 Å². The topological polar surface area (TPSA) is 93.8 Å². The number of pyridine rings is 1. The number of carbonyl (C=O) groups is 1. The van der Waals surface area contributed by atoms with Gasteiger partial charge in [-0.1, -0.05) is 13.8 Å². The van der Waals surface area contributed by atoms with Crippen LogP contribution in [-0.2, 0) is 11.3 Å². The molecular weight excluding hydrogens is 270 g/mol. The molecule has 2 heterocycles. The lowest BCUT2D eigenvalue weighted by atomic mass is 9.97. The van der Waals surface area contributed by atoms with Crippen molar-refractivity contribution in [2.75, 3.05) is 0 Å². The van der Waals surface area contributed by atoms with Crippen molar-refractivity contribution in [3.63, 3.8) is 0 Å². The van der Waals surface area contributed by atoms with Crippen molar-refractivity contribution in [3.05, 3.63) is 24.0 Å². The van der Waals surface area contributed by atoms with E-state index in [1.165, 1.54) is 4.68 Å². The van der Waals surface area contributed by atoms with Gasteiger partial charge in [-0.2, -0.15) is 0 Å². The third-order valence-electron chi connectivity index (χ3n) is 3.20. The maximum atomic E-state index is 11.4. The van der Waals surface area contributed by atoms with Crippen molar-refractivity contribution in [2.45, 2.75) is 33.7 Å². The number of aryl methyl sites for hydroxylation is 1. The molecule has 0 amide bonds. The zero-order chi connectivity index (χ0) is 15.4. The second-order valence-electron chi connectivity index (χ2n) is 5.54. The van der Waals surface area contributed by atoms with Gasteiger partial charge in [0.05, 0.1) is 12.5 Å². The summed E-state index contributed by atoms with van der Waals surface area (Å²) in [5.74, 6) is -0.498. The monoisotopic (exact) mass is 289 g/mol. The number of carboxylic acid groups (broad SMARTS) is 1. The van der Waals surface area contributed by atoms with Crippen LogP contribution in [0.25, 0.3) is 11.4 Å². The standard InChI is InChI=1S/C14H19N5O2/c1-9(2)6-12(14(20)21)8-19-13(16-17-18-19)11-5-4-10(3)15-7-11/h4-5,7,9,12H,6,8H2,1-3H3,(H,20,21). The Morgan fingerprint density at radius 1 is 1.38 bits per heavy atom. The SMILES string of the molecule is Cc1ccc(-c2nnnn2CC(CC(C)C)C(=O)O)cn1. The molecular formula is C14H19N5O2. The molecule has 0 aromatic carbocycles. The highest BCUT2D eigenvalue weighted by atomic mass is 16.4. The van der Waals surface area contributed by atoms with Gasteiger partial charge < -0.3 is 5.11 Å². The van der Waals surface area contributed by atoms with Gasteiger partial charge in [-0.25, -0.2) is 4.68 Å². The number of aliphatic carboxylic acids is 1. The summed E-state index contributed by atoms with van der Waals surface area (Å²) in [5, 5.41) is 20.9. The largest absolute Gasteiger partial charge is 0.481 e. The summed E-state index contributed by atoms with van der Waals surface area (Å²) >= 11 is 0. The molecule has 0 aliphatic carbocycles. The second-order valence-corrected chi connectivity index (χ2v) is 5.54. The number of tetrazole rings is 1. The molecule has 1 unspecified atom stereocenters. The van der Waals surface area contributed by atoms with Gasteiger partial charge in [0.2, 0.25) is 0 Å². The summed E-state index contributed by atoms with van der Waals surface area (Å²) in [4.78, 5) is 15.6. The number of rotatable bonds is 6. The van der Waals surface area contributed by atoms with E-state index >= 15 is 0 Å². The highest BCUT2D eigenvalue weighted by Crippen LogP contribution is 2.19. The van der Waals surface area contributed by atoms with Crippen LogP contribution in [-0.4, -0.2) is 36.3 Å². The summed E-state index contributed by atoms with van der Waals surface area (Å²) in [6, 6.07) is 3.75. The Balaban J connectivity index is 2.23. The van der Waals surface area contributed by atoms with E-state index in [1.807, 2.05) is 32.9 Å². The van der Waals surface area contributed by atoms with E-state index in [1.54, 1.807) is 6.20 Å². The molecule has 7 heteroatoms. The van der Waals surface area contributed by atoms with Crippen molar-refractivity contribution < 1.29 is 9.90 Å². The Morgan fingerprint density at radius 3 is 2.71 bits per heavy atom. The lowest BCUT2D eigenvalue weighted by molar-refractivity contribution is -0.142. The molecule has 0 saturated carbocycles. The first-order chi connectivity index (χ1) is 9.97. The summed E-state index contributed by atoms with van der Waals surface area (Å²) in [6.45, 7) is 6.15. The van der Waals surface area contributed by atoms with Gasteiger partial charge in [0, 0.05) is 17.5 Å². The minimum Gasteiger partial charge on any atom is -0.481 e. The molecule has 0 fully saturated rings. The molecule has 0 radical (unpaired) electrons. The van der Waals surface area contributed by atoms with Crippen LogP contribution in [0.3, 0.4) is 0 Å². The fraction of sp³-hybridized carbons (Fsp3) is 0.500. The Hall–Kier alpha value is -2.31. The van der Waals surface area contributed by atoms with Crippen LogP contribution in [0.5, 0.6) is 0 Å². The first-order valence-electron chi connectivity index (χ1n) is 6.89. The minimum absolute atomic E-state index is 0.254. The minimum atomic E-state index is -0.827. The Morgan fingerprint density at radius 2 is 2.14 bits per heavy atom. The van der Waals surface area contributed by atoms with Crippen LogP contribution < -0.4 is 0 Å². The molecule has 2 aromatic rings. The maximum absolute atomic E-state index is 11.4. The van der Waals surface area contributed by atoms with Gasteiger partial charge in [0.15, 0.2) is 5.82 Å². The molecule has 0 spiro atoms. The lowest BCUT2D eigenvalue weighted by Gasteiger charge is -2.15. The van der Waals surface area contributed by atoms with Crippen molar-refractivity contribution in [1.82, 2.24) is 25.2 Å². The first-order valence-corrected chi connectivity index (χ1v) is 6.89. The number of carboxylic acids is 1. The van der Waals surface area contributed by atoms with Crippen LogP contribution in [0, 0.1) is 18.8 Å². The van der Waals surface area contributed by atoms with E-state index in [2.05, 4.69) is 20.5 Å². The van der Waals surface area contributed by atoms with E-state index in [0.717, 1.165) is 11.3 Å². The highest BCUT2D eigenvalue weighted by molar-refractivity contribution is 5.70. The fourth-order valence-corrected chi connectivity index (χ4v) is 2.17. The molecule has 0 bridgehead atoms. The molecule has 21 heavy (non-hydrogen) atoms. The number of nitrogens with zero attached hydrogens (tertiary/aromatic N) is 5. The van der Waals surface area contributed by atoms with E-state index in [9.17, 15) is 9.90 Å². The van der Waals surface area contributed by atoms with Crippen LogP contribution in [0.4, 0.5) is 0 Å². The third-order valence-corrected chi connectivity index (χ3v) is 3.20. The molecule has 2 aromatic heterocycles. The summed E-state index contributed by atoms with van der Waals surface area (Å²) in [6.07, 6.45) is 2.27. The molecule has 2 rings (SSSR count). The van der Waals surface area contributed by atoms with Gasteiger partial charge in [-0.15, -0.1) is 5.10 Å². The molecule has 7 nitrogen and oxygen atoms in total. The Bertz CT molecular complexity index is 606. The van der Waals surface area contributed by atoms with Crippen LogP contribution in [0.2, 0.25) is 0 Å². The first kappa shape index (κ1) is 15.1. The van der Waals surface area contributed by atoms with Crippen LogP contribution in [0.15, 0.2) is 18.3 Å². The molecule has 0 aliphatic heterocycles. The summed E-state index contributed by atoms with van der Waals surface area (Å²) in [7, 11) is 0. The van der Waals surface area contributed by atoms with Gasteiger partial charge in [-0.05, 0) is 41.8 Å². The molecule has 0 saturated heterocycles. The highest BCUT2D eigenvalue weighted by Gasteiger charge is 2.22. The van der Waals surface area contributed by atoms with Gasteiger partial charge >= 0.3 is 5.97 Å². The fourth-order valence-electron chi connectivity index (χ4n) is 2.17. The van der Waals surface area contributed by atoms with Crippen LogP contribution >= 0.6 is 0 Å². The smallest absolute Gasteiger partial charge is 0.308 e. The summed E-state index contributed by atoms with van der Waals surface area (Å²) < 4.78 is 1.54. The van der Waals surface area contributed by atoms with Crippen molar-refractivity contribution >= 4 is 5.97 Å². The Labute approximate surface area is 123 Å². The van der Waals surface area contributed by atoms with Crippen molar-refractivity contribution in [2.24, 2.45) is 11.8 Å². The second kappa shape index (κ2) is 6.43. The van der Waals surface area contributed by atoms with E-state index in [-0.39, 0.29) is 6.54 Å². The predicted molar refractivity (Wildman–Crippen MR) is 76.4 cm³/mol. The van der Waals surface area contributed by atoms with Crippen LogP contribution in [0.1, 0.15) is 26.0 Å². The molecule has 1 atom stereocenters. The van der Waals surface area contributed by atoms with E-state index in [4.69, 9.17) is 0 Å². The molecule has 0 aliphatic rings. The van der Waals surface area contributed by atoms with Crippen molar-refractivity contribution in [3.8, 4) is 11.4 Å². The van der Waals surface area contributed by atoms with E-state index in [0.29, 0.717) is 18.2 Å². The zero-order valence-corrected chi connectivity index (χ0v) is 12.4. The van der Waals surface area contributed by atoms with Gasteiger partial charge in [-0.3, -0.25) is 9.78 Å². The lowest BCUT2D eigenvalue weighted by Crippen LogP contribution is -2.23. The van der Waals surface area contributed by atoms with Gasteiger partial charge in [0.1, 0.15) is 0 Å². The third kappa shape index (κ3) is 3.84. The zero-order valence-electron chi connectivity index (χ0n) is 12.4. The normalized spacial score (nSPS) is 12.6. The number of aromatic nitrogens is 5. The summed E-state index contributed by atoms with van der Waals surface area (Å²) in [5.41, 5.74) is 1.68. The quantitative estimate of drug-likeness (QED) is 0.871. The average Bonchev–Trinajstić information content (AvgIpc) is 2.86. The predicted octanol–water partition coefficient (Wildman–Crippen LogP) is 1.79. The maximum Gasteiger partial charge on any atom is 0.308 e. The molecule has 1 N–H and O–H groups in total. The van der Waals surface area contributed by atoms with Gasteiger partial charge in [0.25, 0.3) is 0 Å².